The zero-order valence-corrected chi connectivity index (χ0v) is 15.2. The smallest absolute Gasteiger partial charge is 0.128 e. The Labute approximate surface area is 150 Å². The van der Waals surface area contributed by atoms with Crippen LogP contribution in [0.1, 0.15) is 11.1 Å². The molecule has 3 heteroatoms. The highest BCUT2D eigenvalue weighted by atomic mass is 79.9. The van der Waals surface area contributed by atoms with Crippen LogP contribution in [0.2, 0.25) is 0 Å². The van der Waals surface area contributed by atoms with E-state index in [1.165, 1.54) is 11.1 Å². The van der Waals surface area contributed by atoms with E-state index in [9.17, 15) is 0 Å². The molecule has 0 saturated heterocycles. The molecule has 0 spiro atoms. The van der Waals surface area contributed by atoms with Crippen LogP contribution in [0.4, 0.5) is 0 Å². The first-order chi connectivity index (χ1) is 11.7. The molecule has 0 unspecified atom stereocenters. The third kappa shape index (κ3) is 3.46. The molecule has 122 valence electrons. The van der Waals surface area contributed by atoms with E-state index in [0.717, 1.165) is 33.2 Å². The van der Waals surface area contributed by atoms with Crippen LogP contribution in [0.3, 0.4) is 0 Å². The molecule has 0 radical (unpaired) electrons. The first kappa shape index (κ1) is 16.6. The number of hydrogen-bond donors (Lipinski definition) is 0. The lowest BCUT2D eigenvalue weighted by molar-refractivity contribution is 0.367. The number of halogens is 1. The summed E-state index contributed by atoms with van der Waals surface area (Å²) in [5.41, 5.74) is 2.47. The van der Waals surface area contributed by atoms with Gasteiger partial charge in [0.05, 0.1) is 7.11 Å². The second-order valence-corrected chi connectivity index (χ2v) is 6.42. The van der Waals surface area contributed by atoms with E-state index < -0.39 is 0 Å². The van der Waals surface area contributed by atoms with Crippen molar-refractivity contribution in [2.75, 3.05) is 13.7 Å². The first-order valence-corrected chi connectivity index (χ1v) is 8.59. The average molecular weight is 383 g/mol. The van der Waals surface area contributed by atoms with Gasteiger partial charge in [-0.1, -0.05) is 58.9 Å². The molecule has 0 saturated carbocycles. The van der Waals surface area contributed by atoms with Gasteiger partial charge in [0, 0.05) is 15.2 Å². The Balaban J connectivity index is 2.11. The summed E-state index contributed by atoms with van der Waals surface area (Å²) in [6, 6.07) is 18.6. The van der Waals surface area contributed by atoms with Crippen molar-refractivity contribution in [1.29, 1.82) is 0 Å². The lowest BCUT2D eigenvalue weighted by Crippen LogP contribution is -1.98. The summed E-state index contributed by atoms with van der Waals surface area (Å²) in [5.74, 6) is 1.71. The van der Waals surface area contributed by atoms with Crippen LogP contribution in [0.5, 0.6) is 11.5 Å². The van der Waals surface area contributed by atoms with Crippen molar-refractivity contribution < 1.29 is 9.47 Å². The van der Waals surface area contributed by atoms with Crippen LogP contribution >= 0.6 is 15.9 Å². The first-order valence-electron chi connectivity index (χ1n) is 7.79. The molecule has 0 aliphatic carbocycles. The van der Waals surface area contributed by atoms with E-state index in [2.05, 4.69) is 58.9 Å². The number of rotatable bonds is 6. The second-order valence-electron chi connectivity index (χ2n) is 5.51. The van der Waals surface area contributed by atoms with Gasteiger partial charge < -0.3 is 9.47 Å². The molecular weight excluding hydrogens is 364 g/mol. The third-order valence-electron chi connectivity index (χ3n) is 3.93. The Hall–Kier alpha value is -2.26. The van der Waals surface area contributed by atoms with Gasteiger partial charge in [0.15, 0.2) is 0 Å². The molecule has 0 heterocycles. The molecule has 0 fully saturated rings. The fourth-order valence-electron chi connectivity index (χ4n) is 2.83. The summed E-state index contributed by atoms with van der Waals surface area (Å²) in [5, 5.41) is 2.16. The number of benzene rings is 3. The van der Waals surface area contributed by atoms with Gasteiger partial charge >= 0.3 is 0 Å². The number of fused-ring (bicyclic) bond motifs is 1. The Bertz CT molecular complexity index is 854. The largest absolute Gasteiger partial charge is 0.496 e. The van der Waals surface area contributed by atoms with Crippen LogP contribution in [0.15, 0.2) is 71.7 Å². The predicted octanol–water partition coefficient (Wildman–Crippen LogP) is 5.77. The SMILES string of the molecule is C=CCOc1cccc2c(OC)ccc(Cc3ccc(Br)cc3)c12. The molecule has 0 aromatic heterocycles. The fourth-order valence-corrected chi connectivity index (χ4v) is 3.10. The highest BCUT2D eigenvalue weighted by Crippen LogP contribution is 2.36. The van der Waals surface area contributed by atoms with Gasteiger partial charge in [-0.15, -0.1) is 0 Å². The highest BCUT2D eigenvalue weighted by Gasteiger charge is 2.12. The maximum Gasteiger partial charge on any atom is 0.128 e. The van der Waals surface area contributed by atoms with Crippen molar-refractivity contribution in [2.24, 2.45) is 0 Å². The zero-order valence-electron chi connectivity index (χ0n) is 13.6. The maximum atomic E-state index is 5.88. The fraction of sp³-hybridized carbons (Fsp3) is 0.143. The van der Waals surface area contributed by atoms with Gasteiger partial charge in [0.1, 0.15) is 18.1 Å². The van der Waals surface area contributed by atoms with Gasteiger partial charge in [-0.3, -0.25) is 0 Å². The van der Waals surface area contributed by atoms with E-state index in [4.69, 9.17) is 9.47 Å². The molecule has 0 aliphatic heterocycles. The summed E-state index contributed by atoms with van der Waals surface area (Å²) in [6.45, 7) is 4.21. The normalized spacial score (nSPS) is 10.6. The van der Waals surface area contributed by atoms with Gasteiger partial charge in [-0.25, -0.2) is 0 Å². The van der Waals surface area contributed by atoms with E-state index in [1.807, 2.05) is 18.2 Å². The lowest BCUT2D eigenvalue weighted by Gasteiger charge is -2.15. The van der Waals surface area contributed by atoms with Gasteiger partial charge in [-0.2, -0.15) is 0 Å². The number of ether oxygens (including phenoxy) is 2. The van der Waals surface area contributed by atoms with Crippen LogP contribution in [0.25, 0.3) is 10.8 Å². The van der Waals surface area contributed by atoms with Crippen molar-refractivity contribution in [3.05, 3.63) is 82.9 Å². The molecular formula is C21H19BrO2. The Morgan fingerprint density at radius 2 is 1.79 bits per heavy atom. The molecule has 0 atom stereocenters. The molecule has 0 N–H and O–H groups in total. The standard InChI is InChI=1S/C21H19BrO2/c1-3-13-24-20-6-4-5-18-19(23-2)12-9-16(21(18)20)14-15-7-10-17(22)11-8-15/h3-12H,1,13-14H2,2H3. The third-order valence-corrected chi connectivity index (χ3v) is 4.46. The minimum atomic E-state index is 0.480. The van der Waals surface area contributed by atoms with E-state index >= 15 is 0 Å². The molecule has 0 amide bonds. The summed E-state index contributed by atoms with van der Waals surface area (Å²) >= 11 is 3.48. The number of hydrogen-bond acceptors (Lipinski definition) is 2. The average Bonchev–Trinajstić information content (AvgIpc) is 2.62. The highest BCUT2D eigenvalue weighted by molar-refractivity contribution is 9.10. The molecule has 0 aliphatic rings. The second kappa shape index (κ2) is 7.54. The molecule has 2 nitrogen and oxygen atoms in total. The van der Waals surface area contributed by atoms with Crippen molar-refractivity contribution in [3.8, 4) is 11.5 Å². The lowest BCUT2D eigenvalue weighted by atomic mass is 9.97. The Morgan fingerprint density at radius 3 is 2.50 bits per heavy atom. The van der Waals surface area contributed by atoms with Crippen LogP contribution in [-0.2, 0) is 6.42 Å². The number of methoxy groups -OCH3 is 1. The van der Waals surface area contributed by atoms with Crippen LogP contribution < -0.4 is 9.47 Å². The predicted molar refractivity (Wildman–Crippen MR) is 103 cm³/mol. The molecule has 24 heavy (non-hydrogen) atoms. The van der Waals surface area contributed by atoms with E-state index in [-0.39, 0.29) is 0 Å². The molecule has 3 aromatic carbocycles. The van der Waals surface area contributed by atoms with E-state index in [0.29, 0.717) is 6.61 Å². The van der Waals surface area contributed by atoms with E-state index in [1.54, 1.807) is 13.2 Å². The molecule has 3 rings (SSSR count). The van der Waals surface area contributed by atoms with Gasteiger partial charge in [-0.05, 0) is 41.8 Å². The summed E-state index contributed by atoms with van der Waals surface area (Å²) in [4.78, 5) is 0. The topological polar surface area (TPSA) is 18.5 Å². The van der Waals surface area contributed by atoms with Crippen molar-refractivity contribution in [3.63, 3.8) is 0 Å². The monoisotopic (exact) mass is 382 g/mol. The van der Waals surface area contributed by atoms with Gasteiger partial charge in [0.2, 0.25) is 0 Å². The summed E-state index contributed by atoms with van der Waals surface area (Å²) in [6.07, 6.45) is 2.59. The van der Waals surface area contributed by atoms with Crippen LogP contribution in [0, 0.1) is 0 Å². The molecule has 0 bridgehead atoms. The Morgan fingerprint density at radius 1 is 1.00 bits per heavy atom. The Kier molecular flexibility index (Phi) is 5.21. The zero-order chi connectivity index (χ0) is 16.9. The van der Waals surface area contributed by atoms with Crippen LogP contribution in [-0.4, -0.2) is 13.7 Å². The minimum Gasteiger partial charge on any atom is -0.496 e. The summed E-state index contributed by atoms with van der Waals surface area (Å²) < 4.78 is 12.5. The van der Waals surface area contributed by atoms with Crippen molar-refractivity contribution in [1.82, 2.24) is 0 Å². The molecule has 3 aromatic rings. The van der Waals surface area contributed by atoms with Gasteiger partial charge in [0.25, 0.3) is 0 Å². The van der Waals surface area contributed by atoms with Crippen molar-refractivity contribution >= 4 is 26.7 Å². The quantitative estimate of drug-likeness (QED) is 0.504. The maximum absolute atomic E-state index is 5.88. The summed E-state index contributed by atoms with van der Waals surface area (Å²) in [7, 11) is 1.69. The van der Waals surface area contributed by atoms with Crippen molar-refractivity contribution in [2.45, 2.75) is 6.42 Å². The minimum absolute atomic E-state index is 0.480.